The summed E-state index contributed by atoms with van der Waals surface area (Å²) in [7, 11) is 0. The van der Waals surface area contributed by atoms with Crippen molar-refractivity contribution in [3.05, 3.63) is 63.1 Å². The van der Waals surface area contributed by atoms with Crippen LogP contribution in [0.3, 0.4) is 0 Å². The largest absolute Gasteiger partial charge is 0.483 e. The van der Waals surface area contributed by atoms with Crippen molar-refractivity contribution in [2.75, 3.05) is 0 Å². The fourth-order valence-electron chi connectivity index (χ4n) is 1.52. The maximum atomic E-state index is 13.4. The van der Waals surface area contributed by atoms with Crippen molar-refractivity contribution in [3.8, 4) is 5.75 Å². The number of rotatable bonds is 3. The predicted octanol–water partition coefficient (Wildman–Crippen LogP) is 4.86. The Bertz CT molecular complexity index is 675. The number of benzene rings is 2. The molecule has 0 atom stereocenters. The third kappa shape index (κ3) is 2.85. The fraction of sp³-hybridized carbons (Fsp3) is 0.0769. The molecule has 2 aromatic carbocycles. The lowest BCUT2D eigenvalue weighted by Crippen LogP contribution is -2.07. The lowest BCUT2D eigenvalue weighted by Gasteiger charge is -2.11. The molecule has 0 aliphatic heterocycles. The van der Waals surface area contributed by atoms with E-state index >= 15 is 0 Å². The first-order chi connectivity index (χ1) is 9.84. The van der Waals surface area contributed by atoms with Crippen LogP contribution in [0.25, 0.3) is 0 Å². The fourth-order valence-corrected chi connectivity index (χ4v) is 1.90. The minimum Gasteiger partial charge on any atom is -0.483 e. The molecule has 0 aliphatic carbocycles. The van der Waals surface area contributed by atoms with E-state index in [4.69, 9.17) is 0 Å². The van der Waals surface area contributed by atoms with Crippen molar-refractivity contribution in [2.24, 2.45) is 0 Å². The highest BCUT2D eigenvalue weighted by molar-refractivity contribution is 9.10. The molecule has 2 rings (SSSR count). The Kier molecular flexibility index (Phi) is 4.46. The van der Waals surface area contributed by atoms with Crippen molar-refractivity contribution < 1.29 is 31.1 Å². The van der Waals surface area contributed by atoms with Gasteiger partial charge in [-0.3, -0.25) is 0 Å². The van der Waals surface area contributed by atoms with E-state index in [2.05, 4.69) is 20.7 Å². The van der Waals surface area contributed by atoms with Gasteiger partial charge in [0.25, 0.3) is 0 Å². The summed E-state index contributed by atoms with van der Waals surface area (Å²) in [6.07, 6.45) is 0. The molecule has 0 radical (unpaired) electrons. The Morgan fingerprint density at radius 3 is 1.90 bits per heavy atom. The molecule has 2 aromatic rings. The molecule has 0 unspecified atom stereocenters. The van der Waals surface area contributed by atoms with Gasteiger partial charge in [-0.25, -0.2) is 17.6 Å². The quantitative estimate of drug-likeness (QED) is 0.425. The summed E-state index contributed by atoms with van der Waals surface area (Å²) in [5, 5.41) is 0. The molecule has 0 bridgehead atoms. The van der Waals surface area contributed by atoms with Crippen LogP contribution in [0.2, 0.25) is 0 Å². The molecule has 21 heavy (non-hydrogen) atoms. The summed E-state index contributed by atoms with van der Waals surface area (Å²) < 4.78 is 83.3. The van der Waals surface area contributed by atoms with Gasteiger partial charge >= 0.3 is 0 Å². The van der Waals surface area contributed by atoms with Crippen molar-refractivity contribution in [1.29, 1.82) is 0 Å². The molecule has 0 amide bonds. The van der Waals surface area contributed by atoms with Gasteiger partial charge in [0, 0.05) is 5.56 Å². The van der Waals surface area contributed by atoms with E-state index in [1.54, 1.807) is 0 Å². The second-order valence-electron chi connectivity index (χ2n) is 3.90. The number of ether oxygens (including phenoxy) is 1. The lowest BCUT2D eigenvalue weighted by molar-refractivity contribution is 0.252. The highest BCUT2D eigenvalue weighted by Crippen LogP contribution is 2.30. The normalized spacial score (nSPS) is 10.8. The Morgan fingerprint density at radius 1 is 0.810 bits per heavy atom. The van der Waals surface area contributed by atoms with Gasteiger partial charge in [0.05, 0.1) is 4.47 Å². The van der Waals surface area contributed by atoms with Gasteiger partial charge in [-0.15, -0.1) is 0 Å². The summed E-state index contributed by atoms with van der Waals surface area (Å²) >= 11 is 2.88. The standard InChI is InChI=1S/C13H5BrF6O/c14-7-5(2-1-3-6(7)15)4-21-13-11(19)9(17)8(16)10(18)12(13)20/h1-3H,4H2. The Hall–Kier alpha value is -1.70. The lowest BCUT2D eigenvalue weighted by atomic mass is 10.2. The van der Waals surface area contributed by atoms with Crippen molar-refractivity contribution >= 4 is 15.9 Å². The van der Waals surface area contributed by atoms with E-state index in [-0.39, 0.29) is 10.0 Å². The molecule has 0 saturated heterocycles. The van der Waals surface area contributed by atoms with Crippen LogP contribution in [0.4, 0.5) is 26.3 Å². The molecular weight excluding hydrogens is 366 g/mol. The minimum absolute atomic E-state index is 0.0335. The number of hydrogen-bond donors (Lipinski definition) is 0. The Balaban J connectivity index is 2.35. The van der Waals surface area contributed by atoms with E-state index in [0.717, 1.165) is 6.07 Å². The van der Waals surface area contributed by atoms with E-state index < -0.39 is 47.3 Å². The summed E-state index contributed by atoms with van der Waals surface area (Å²) in [5.74, 6) is -12.7. The number of hydrogen-bond acceptors (Lipinski definition) is 1. The molecule has 0 heterocycles. The smallest absolute Gasteiger partial charge is 0.207 e. The van der Waals surface area contributed by atoms with E-state index in [1.165, 1.54) is 12.1 Å². The third-order valence-corrected chi connectivity index (χ3v) is 3.46. The molecule has 1 nitrogen and oxygen atoms in total. The summed E-state index contributed by atoms with van der Waals surface area (Å²) in [4.78, 5) is 0. The van der Waals surface area contributed by atoms with Crippen molar-refractivity contribution in [3.63, 3.8) is 0 Å². The first-order valence-corrected chi connectivity index (χ1v) is 6.21. The van der Waals surface area contributed by atoms with E-state index in [0.29, 0.717) is 0 Å². The number of halogens is 7. The van der Waals surface area contributed by atoms with E-state index in [1.807, 2.05) is 0 Å². The first kappa shape index (κ1) is 15.7. The highest BCUT2D eigenvalue weighted by Gasteiger charge is 2.27. The SMILES string of the molecule is Fc1cccc(COc2c(F)c(F)c(F)c(F)c2F)c1Br. The average Bonchev–Trinajstić information content (AvgIpc) is 2.47. The molecule has 0 aromatic heterocycles. The molecule has 0 saturated carbocycles. The molecule has 0 aliphatic rings. The van der Waals surface area contributed by atoms with Crippen molar-refractivity contribution in [1.82, 2.24) is 0 Å². The van der Waals surface area contributed by atoms with Crippen LogP contribution in [-0.2, 0) is 6.61 Å². The molecular formula is C13H5BrF6O. The maximum Gasteiger partial charge on any atom is 0.207 e. The van der Waals surface area contributed by atoms with Gasteiger partial charge in [0.1, 0.15) is 12.4 Å². The maximum absolute atomic E-state index is 13.4. The second-order valence-corrected chi connectivity index (χ2v) is 4.69. The third-order valence-electron chi connectivity index (χ3n) is 2.57. The average molecular weight is 371 g/mol. The second kappa shape index (κ2) is 5.97. The van der Waals surface area contributed by atoms with Crippen LogP contribution in [0.5, 0.6) is 5.75 Å². The molecule has 112 valence electrons. The van der Waals surface area contributed by atoms with Crippen LogP contribution in [0.15, 0.2) is 22.7 Å². The molecule has 0 spiro atoms. The first-order valence-electron chi connectivity index (χ1n) is 5.41. The van der Waals surface area contributed by atoms with Gasteiger partial charge in [-0.2, -0.15) is 8.78 Å². The zero-order chi connectivity index (χ0) is 15.7. The predicted molar refractivity (Wildman–Crippen MR) is 64.7 cm³/mol. The Labute approximate surface area is 123 Å². The van der Waals surface area contributed by atoms with Crippen LogP contribution in [0.1, 0.15) is 5.56 Å². The van der Waals surface area contributed by atoms with Gasteiger partial charge < -0.3 is 4.74 Å². The van der Waals surface area contributed by atoms with E-state index in [9.17, 15) is 26.3 Å². The van der Waals surface area contributed by atoms with Gasteiger partial charge in [0.15, 0.2) is 5.75 Å². The van der Waals surface area contributed by atoms with Crippen LogP contribution in [0, 0.1) is 34.9 Å². The van der Waals surface area contributed by atoms with Gasteiger partial charge in [-0.05, 0) is 22.0 Å². The molecule has 0 N–H and O–H groups in total. The van der Waals surface area contributed by atoms with Crippen molar-refractivity contribution in [2.45, 2.75) is 6.61 Å². The zero-order valence-corrected chi connectivity index (χ0v) is 11.6. The minimum atomic E-state index is -2.27. The summed E-state index contributed by atoms with van der Waals surface area (Å²) in [5.41, 5.74) is 0.138. The van der Waals surface area contributed by atoms with Crippen LogP contribution >= 0.6 is 15.9 Å². The van der Waals surface area contributed by atoms with Gasteiger partial charge in [0.2, 0.25) is 29.1 Å². The van der Waals surface area contributed by atoms with Crippen LogP contribution in [-0.4, -0.2) is 0 Å². The summed E-state index contributed by atoms with van der Waals surface area (Å²) in [6.45, 7) is -0.587. The highest BCUT2D eigenvalue weighted by atomic mass is 79.9. The Morgan fingerprint density at radius 2 is 1.33 bits per heavy atom. The molecule has 8 heteroatoms. The monoisotopic (exact) mass is 370 g/mol. The summed E-state index contributed by atoms with van der Waals surface area (Å²) in [6, 6.07) is 3.78. The zero-order valence-electron chi connectivity index (χ0n) is 9.99. The van der Waals surface area contributed by atoms with Gasteiger partial charge in [-0.1, -0.05) is 12.1 Å². The molecule has 0 fully saturated rings. The topological polar surface area (TPSA) is 9.23 Å². The van der Waals surface area contributed by atoms with Crippen LogP contribution < -0.4 is 4.74 Å².